The van der Waals surface area contributed by atoms with Crippen LogP contribution in [0.5, 0.6) is 0 Å². The van der Waals surface area contributed by atoms with Crippen LogP contribution in [-0.4, -0.2) is 49.6 Å². The van der Waals surface area contributed by atoms with Crippen molar-refractivity contribution in [2.45, 2.75) is 39.2 Å². The summed E-state index contributed by atoms with van der Waals surface area (Å²) in [5.74, 6) is 0.0775. The lowest BCUT2D eigenvalue weighted by Crippen LogP contribution is -2.46. The molecule has 1 amide bonds. The highest BCUT2D eigenvalue weighted by atomic mass is 32.2. The maximum atomic E-state index is 11.9. The van der Waals surface area contributed by atoms with E-state index in [1.165, 1.54) is 4.90 Å². The van der Waals surface area contributed by atoms with Crippen molar-refractivity contribution in [3.63, 3.8) is 0 Å². The minimum atomic E-state index is -2.95. The predicted octanol–water partition coefficient (Wildman–Crippen LogP) is 1.43. The summed E-state index contributed by atoms with van der Waals surface area (Å²) in [7, 11) is -2.95. The van der Waals surface area contributed by atoms with Gasteiger partial charge in [0.05, 0.1) is 11.5 Å². The molecule has 17 heavy (non-hydrogen) atoms. The standard InChI is InChI=1S/C11H21NO4S/c1-4-11(3,5-2)16-10(13)12-6-8-17(14,15)9-7-12/h4-9H2,1-3H3. The minimum Gasteiger partial charge on any atom is -0.443 e. The zero-order valence-electron chi connectivity index (χ0n) is 10.7. The van der Waals surface area contributed by atoms with E-state index in [-0.39, 0.29) is 24.6 Å². The average molecular weight is 263 g/mol. The second-order valence-corrected chi connectivity index (χ2v) is 6.97. The van der Waals surface area contributed by atoms with Crippen molar-refractivity contribution >= 4 is 15.9 Å². The topological polar surface area (TPSA) is 63.7 Å². The van der Waals surface area contributed by atoms with Gasteiger partial charge in [-0.3, -0.25) is 0 Å². The van der Waals surface area contributed by atoms with Crippen molar-refractivity contribution in [1.82, 2.24) is 4.90 Å². The van der Waals surface area contributed by atoms with E-state index in [0.717, 1.165) is 12.8 Å². The molecule has 1 aliphatic rings. The second-order valence-electron chi connectivity index (χ2n) is 4.66. The maximum absolute atomic E-state index is 11.9. The van der Waals surface area contributed by atoms with Gasteiger partial charge in [0, 0.05) is 13.1 Å². The van der Waals surface area contributed by atoms with Gasteiger partial charge in [-0.2, -0.15) is 0 Å². The van der Waals surface area contributed by atoms with Gasteiger partial charge in [-0.1, -0.05) is 13.8 Å². The van der Waals surface area contributed by atoms with Crippen LogP contribution in [0.15, 0.2) is 0 Å². The molecule has 1 saturated heterocycles. The lowest BCUT2D eigenvalue weighted by Gasteiger charge is -2.32. The van der Waals surface area contributed by atoms with Gasteiger partial charge in [-0.05, 0) is 19.8 Å². The summed E-state index contributed by atoms with van der Waals surface area (Å²) in [4.78, 5) is 13.3. The summed E-state index contributed by atoms with van der Waals surface area (Å²) in [5, 5.41) is 0. The number of rotatable bonds is 3. The Morgan fingerprint density at radius 3 is 2.12 bits per heavy atom. The molecule has 1 rings (SSSR count). The van der Waals surface area contributed by atoms with Gasteiger partial charge in [-0.25, -0.2) is 13.2 Å². The molecule has 0 aromatic heterocycles. The molecule has 0 aromatic carbocycles. The van der Waals surface area contributed by atoms with Crippen LogP contribution in [0.25, 0.3) is 0 Å². The number of sulfone groups is 1. The molecule has 1 aliphatic heterocycles. The van der Waals surface area contributed by atoms with Gasteiger partial charge >= 0.3 is 6.09 Å². The molecule has 100 valence electrons. The Morgan fingerprint density at radius 1 is 1.24 bits per heavy atom. The fourth-order valence-electron chi connectivity index (χ4n) is 1.56. The Labute approximate surface area is 103 Å². The Morgan fingerprint density at radius 2 is 1.71 bits per heavy atom. The van der Waals surface area contributed by atoms with Gasteiger partial charge in [0.1, 0.15) is 5.60 Å². The summed E-state index contributed by atoms with van der Waals surface area (Å²) in [6.07, 6.45) is 1.11. The summed E-state index contributed by atoms with van der Waals surface area (Å²) in [6.45, 7) is 6.32. The first-order valence-electron chi connectivity index (χ1n) is 6.00. The lowest BCUT2D eigenvalue weighted by molar-refractivity contribution is -0.00169. The molecule has 0 spiro atoms. The highest BCUT2D eigenvalue weighted by Crippen LogP contribution is 2.21. The number of ether oxygens (including phenoxy) is 1. The third-order valence-electron chi connectivity index (χ3n) is 3.43. The normalized spacial score (nSPS) is 20.1. The zero-order chi connectivity index (χ0) is 13.1. The van der Waals surface area contributed by atoms with Crippen molar-refractivity contribution in [2.24, 2.45) is 0 Å². The SMILES string of the molecule is CCC(C)(CC)OC(=O)N1CCS(=O)(=O)CC1. The summed E-state index contributed by atoms with van der Waals surface area (Å²) in [5.41, 5.74) is -0.451. The third kappa shape index (κ3) is 3.87. The minimum absolute atomic E-state index is 0.0388. The largest absolute Gasteiger partial charge is 0.443 e. The molecule has 1 fully saturated rings. The molecular formula is C11H21NO4S. The van der Waals surface area contributed by atoms with Crippen LogP contribution >= 0.6 is 0 Å². The molecule has 0 saturated carbocycles. The molecule has 0 N–H and O–H groups in total. The fourth-order valence-corrected chi connectivity index (χ4v) is 2.77. The van der Waals surface area contributed by atoms with Crippen LogP contribution in [-0.2, 0) is 14.6 Å². The Bertz CT molecular complexity index is 359. The Hall–Kier alpha value is -0.780. The van der Waals surface area contributed by atoms with E-state index in [9.17, 15) is 13.2 Å². The maximum Gasteiger partial charge on any atom is 0.410 e. The fraction of sp³-hybridized carbons (Fsp3) is 0.909. The first-order chi connectivity index (χ1) is 7.82. The first kappa shape index (κ1) is 14.3. The quantitative estimate of drug-likeness (QED) is 0.772. The first-order valence-corrected chi connectivity index (χ1v) is 7.82. The molecular weight excluding hydrogens is 242 g/mol. The summed E-state index contributed by atoms with van der Waals surface area (Å²) >= 11 is 0. The predicted molar refractivity (Wildman–Crippen MR) is 65.7 cm³/mol. The van der Waals surface area contributed by atoms with Crippen LogP contribution in [0.4, 0.5) is 4.79 Å². The number of carbonyl (C=O) groups excluding carboxylic acids is 1. The number of amides is 1. The summed E-state index contributed by atoms with van der Waals surface area (Å²) in [6, 6.07) is 0. The molecule has 0 aromatic rings. The van der Waals surface area contributed by atoms with E-state index in [2.05, 4.69) is 0 Å². The van der Waals surface area contributed by atoms with Crippen LogP contribution in [0.2, 0.25) is 0 Å². The highest BCUT2D eigenvalue weighted by molar-refractivity contribution is 7.91. The van der Waals surface area contributed by atoms with Crippen molar-refractivity contribution in [1.29, 1.82) is 0 Å². The van der Waals surface area contributed by atoms with Crippen LogP contribution in [0, 0.1) is 0 Å². The van der Waals surface area contributed by atoms with E-state index in [0.29, 0.717) is 0 Å². The zero-order valence-corrected chi connectivity index (χ0v) is 11.5. The second kappa shape index (κ2) is 5.25. The molecule has 6 heteroatoms. The van der Waals surface area contributed by atoms with E-state index in [1.807, 2.05) is 20.8 Å². The molecule has 1 heterocycles. The number of hydrogen-bond acceptors (Lipinski definition) is 4. The van der Waals surface area contributed by atoms with Crippen LogP contribution in [0.1, 0.15) is 33.6 Å². The Kier molecular flexibility index (Phi) is 4.41. The van der Waals surface area contributed by atoms with Crippen molar-refractivity contribution in [3.8, 4) is 0 Å². The smallest absolute Gasteiger partial charge is 0.410 e. The monoisotopic (exact) mass is 263 g/mol. The molecule has 0 radical (unpaired) electrons. The van der Waals surface area contributed by atoms with Gasteiger partial charge in [0.25, 0.3) is 0 Å². The number of carbonyl (C=O) groups is 1. The van der Waals surface area contributed by atoms with Gasteiger partial charge in [-0.15, -0.1) is 0 Å². The highest BCUT2D eigenvalue weighted by Gasteiger charge is 2.30. The molecule has 0 bridgehead atoms. The van der Waals surface area contributed by atoms with E-state index < -0.39 is 21.5 Å². The van der Waals surface area contributed by atoms with Crippen molar-refractivity contribution < 1.29 is 17.9 Å². The Balaban J connectivity index is 2.55. The van der Waals surface area contributed by atoms with E-state index in [1.54, 1.807) is 0 Å². The molecule has 0 atom stereocenters. The lowest BCUT2D eigenvalue weighted by atomic mass is 10.0. The number of hydrogen-bond donors (Lipinski definition) is 0. The number of nitrogens with zero attached hydrogens (tertiary/aromatic N) is 1. The van der Waals surface area contributed by atoms with Gasteiger partial charge in [0.2, 0.25) is 0 Å². The van der Waals surface area contributed by atoms with Gasteiger partial charge < -0.3 is 9.64 Å². The van der Waals surface area contributed by atoms with Crippen molar-refractivity contribution in [3.05, 3.63) is 0 Å². The van der Waals surface area contributed by atoms with E-state index in [4.69, 9.17) is 4.74 Å². The van der Waals surface area contributed by atoms with Crippen molar-refractivity contribution in [2.75, 3.05) is 24.6 Å². The van der Waals surface area contributed by atoms with Crippen LogP contribution in [0.3, 0.4) is 0 Å². The summed E-state index contributed by atoms with van der Waals surface area (Å²) < 4.78 is 27.9. The molecule has 0 unspecified atom stereocenters. The molecule has 0 aliphatic carbocycles. The third-order valence-corrected chi connectivity index (χ3v) is 5.04. The van der Waals surface area contributed by atoms with E-state index >= 15 is 0 Å². The van der Waals surface area contributed by atoms with Gasteiger partial charge in [0.15, 0.2) is 9.84 Å². The average Bonchev–Trinajstić information content (AvgIpc) is 2.28. The van der Waals surface area contributed by atoms with Crippen LogP contribution < -0.4 is 0 Å². The molecule has 5 nitrogen and oxygen atoms in total.